The van der Waals surface area contributed by atoms with E-state index in [2.05, 4.69) is 15.3 Å². The van der Waals surface area contributed by atoms with Crippen LogP contribution in [0, 0.1) is 0 Å². The van der Waals surface area contributed by atoms with Gasteiger partial charge in [-0.25, -0.2) is 0 Å². The van der Waals surface area contributed by atoms with E-state index in [0.29, 0.717) is 20.3 Å². The van der Waals surface area contributed by atoms with E-state index >= 15 is 0 Å². The average Bonchev–Trinajstić information content (AvgIpc) is 2.96. The summed E-state index contributed by atoms with van der Waals surface area (Å²) < 4.78 is 44.1. The first-order chi connectivity index (χ1) is 9.95. The van der Waals surface area contributed by atoms with Gasteiger partial charge in [0.05, 0.1) is 5.02 Å². The highest BCUT2D eigenvalue weighted by Gasteiger charge is 2.38. The van der Waals surface area contributed by atoms with Crippen molar-refractivity contribution in [2.45, 2.75) is 12.8 Å². The summed E-state index contributed by atoms with van der Waals surface area (Å²) in [4.78, 5) is 0.0556. The number of para-hydroxylation sites is 1. The zero-order valence-electron chi connectivity index (χ0n) is 10.1. The van der Waals surface area contributed by atoms with E-state index in [9.17, 15) is 13.2 Å². The fourth-order valence-electron chi connectivity index (χ4n) is 1.59. The summed E-state index contributed by atoms with van der Waals surface area (Å²) >= 11 is 6.88. The Morgan fingerprint density at radius 1 is 1.24 bits per heavy atom. The number of alkyl halides is 3. The number of nitrogens with zero attached hydrogens (tertiary/aromatic N) is 4. The molecule has 0 fully saturated rings. The predicted octanol–water partition coefficient (Wildman–Crippen LogP) is 3.44. The summed E-state index contributed by atoms with van der Waals surface area (Å²) in [6.45, 7) is -0.00490. The molecule has 0 aliphatic carbocycles. The Morgan fingerprint density at radius 2 is 2.00 bits per heavy atom. The second kappa shape index (κ2) is 5.15. The molecular formula is C11H6ClF3N4OS. The molecule has 3 rings (SSSR count). The van der Waals surface area contributed by atoms with Crippen LogP contribution in [-0.4, -0.2) is 19.8 Å². The van der Waals surface area contributed by atoms with Crippen LogP contribution in [-0.2, 0) is 12.8 Å². The maximum atomic E-state index is 12.7. The van der Waals surface area contributed by atoms with Crippen molar-refractivity contribution in [2.75, 3.05) is 0 Å². The number of halogens is 4. The quantitative estimate of drug-likeness (QED) is 0.736. The van der Waals surface area contributed by atoms with Crippen LogP contribution in [0.2, 0.25) is 5.02 Å². The molecule has 0 spiro atoms. The summed E-state index contributed by atoms with van der Waals surface area (Å²) in [5, 5.41) is 11.1. The molecule has 0 radical (unpaired) electrons. The lowest BCUT2D eigenvalue weighted by Gasteiger charge is -2.05. The number of aromatic nitrogens is 4. The molecule has 5 nitrogen and oxygen atoms in total. The Balaban J connectivity index is 1.83. The molecule has 3 aromatic rings. The molecule has 2 heterocycles. The third kappa shape index (κ3) is 2.79. The third-order valence-electron chi connectivity index (χ3n) is 2.47. The van der Waals surface area contributed by atoms with Crippen molar-refractivity contribution >= 4 is 27.9 Å². The van der Waals surface area contributed by atoms with Crippen molar-refractivity contribution in [3.05, 3.63) is 40.1 Å². The molecule has 0 amide bonds. The van der Waals surface area contributed by atoms with Crippen molar-refractivity contribution in [1.29, 1.82) is 0 Å². The molecule has 1 aromatic carbocycles. The maximum Gasteiger partial charge on any atom is 0.453 e. The van der Waals surface area contributed by atoms with Crippen LogP contribution in [0.4, 0.5) is 13.2 Å². The molecule has 0 aliphatic heterocycles. The normalized spacial score (nSPS) is 12.0. The van der Waals surface area contributed by atoms with Gasteiger partial charge in [-0.15, -0.1) is 10.2 Å². The van der Waals surface area contributed by atoms with E-state index in [-0.39, 0.29) is 11.6 Å². The first kappa shape index (κ1) is 14.1. The zero-order chi connectivity index (χ0) is 15.0. The van der Waals surface area contributed by atoms with Crippen LogP contribution in [0.3, 0.4) is 0 Å². The van der Waals surface area contributed by atoms with Gasteiger partial charge in [-0.1, -0.05) is 35.1 Å². The minimum atomic E-state index is -4.60. The molecule has 0 atom stereocenters. The Hall–Kier alpha value is -1.87. The van der Waals surface area contributed by atoms with Gasteiger partial charge in [-0.05, 0) is 12.1 Å². The van der Waals surface area contributed by atoms with E-state index in [1.54, 1.807) is 24.3 Å². The van der Waals surface area contributed by atoms with Gasteiger partial charge < -0.3 is 4.74 Å². The highest BCUT2D eigenvalue weighted by Crippen LogP contribution is 2.29. The second-order valence-corrected chi connectivity index (χ2v) is 5.38. The lowest BCUT2D eigenvalue weighted by atomic mass is 10.3. The minimum absolute atomic E-state index is 0.00490. The van der Waals surface area contributed by atoms with E-state index in [1.165, 1.54) is 0 Å². The largest absolute Gasteiger partial charge is 0.485 e. The number of benzene rings is 1. The van der Waals surface area contributed by atoms with E-state index in [1.807, 2.05) is 0 Å². The van der Waals surface area contributed by atoms with Crippen LogP contribution in [0.15, 0.2) is 24.3 Å². The second-order valence-electron chi connectivity index (χ2n) is 3.93. The molecule has 10 heteroatoms. The summed E-state index contributed by atoms with van der Waals surface area (Å²) in [5.41, 5.74) is 0. The van der Waals surface area contributed by atoms with E-state index in [0.717, 1.165) is 11.3 Å². The monoisotopic (exact) mass is 334 g/mol. The Kier molecular flexibility index (Phi) is 3.46. The average molecular weight is 335 g/mol. The van der Waals surface area contributed by atoms with Gasteiger partial charge in [-0.2, -0.15) is 22.8 Å². The van der Waals surface area contributed by atoms with Crippen LogP contribution < -0.4 is 4.74 Å². The van der Waals surface area contributed by atoms with Gasteiger partial charge in [0, 0.05) is 0 Å². The number of fused-ring (bicyclic) bond motifs is 1. The molecule has 2 aromatic heterocycles. The van der Waals surface area contributed by atoms with Gasteiger partial charge >= 0.3 is 6.18 Å². The van der Waals surface area contributed by atoms with Gasteiger partial charge in [0.15, 0.2) is 5.01 Å². The lowest BCUT2D eigenvalue weighted by Crippen LogP contribution is -2.11. The predicted molar refractivity (Wildman–Crippen MR) is 69.4 cm³/mol. The summed E-state index contributed by atoms with van der Waals surface area (Å²) in [7, 11) is 0. The smallest absolute Gasteiger partial charge is 0.453 e. The number of rotatable bonds is 3. The highest BCUT2D eigenvalue weighted by molar-refractivity contribution is 7.16. The van der Waals surface area contributed by atoms with E-state index in [4.69, 9.17) is 16.3 Å². The SMILES string of the molecule is FC(F)(F)c1nnc2sc(COc3ccccc3Cl)nn12. The van der Waals surface area contributed by atoms with Crippen molar-refractivity contribution in [1.82, 2.24) is 19.8 Å². The van der Waals surface area contributed by atoms with Gasteiger partial charge in [-0.3, -0.25) is 0 Å². The molecule has 0 saturated heterocycles. The number of ether oxygens (including phenoxy) is 1. The molecule has 110 valence electrons. The Morgan fingerprint density at radius 3 is 2.71 bits per heavy atom. The van der Waals surface area contributed by atoms with Crippen molar-refractivity contribution < 1.29 is 17.9 Å². The molecule has 0 unspecified atom stereocenters. The standard InChI is InChI=1S/C11H6ClF3N4OS/c12-6-3-1-2-4-7(6)20-5-8-18-19-9(11(13,14)15)16-17-10(19)21-8/h1-4H,5H2. The zero-order valence-corrected chi connectivity index (χ0v) is 11.7. The van der Waals surface area contributed by atoms with Crippen LogP contribution in [0.25, 0.3) is 4.96 Å². The molecule has 0 N–H and O–H groups in total. The van der Waals surface area contributed by atoms with Crippen LogP contribution in [0.5, 0.6) is 5.75 Å². The third-order valence-corrected chi connectivity index (χ3v) is 3.66. The molecule has 21 heavy (non-hydrogen) atoms. The lowest BCUT2D eigenvalue weighted by molar-refractivity contribution is -0.146. The van der Waals surface area contributed by atoms with Crippen molar-refractivity contribution in [3.63, 3.8) is 0 Å². The number of hydrogen-bond acceptors (Lipinski definition) is 5. The van der Waals surface area contributed by atoms with Crippen LogP contribution >= 0.6 is 22.9 Å². The fraction of sp³-hybridized carbons (Fsp3) is 0.182. The summed E-state index contributed by atoms with van der Waals surface area (Å²) in [6, 6.07) is 6.79. The van der Waals surface area contributed by atoms with Gasteiger partial charge in [0.2, 0.25) is 4.96 Å². The molecule has 0 bridgehead atoms. The van der Waals surface area contributed by atoms with E-state index < -0.39 is 12.0 Å². The first-order valence-electron chi connectivity index (χ1n) is 5.61. The van der Waals surface area contributed by atoms with Crippen LogP contribution in [0.1, 0.15) is 10.8 Å². The Labute approximate surface area is 124 Å². The fourth-order valence-corrected chi connectivity index (χ4v) is 2.53. The topological polar surface area (TPSA) is 52.3 Å². The molecular weight excluding hydrogens is 329 g/mol. The molecule has 0 saturated carbocycles. The van der Waals surface area contributed by atoms with Gasteiger partial charge in [0.1, 0.15) is 12.4 Å². The Bertz CT molecular complexity index is 785. The first-order valence-corrected chi connectivity index (χ1v) is 6.80. The summed E-state index contributed by atoms with van der Waals surface area (Å²) in [5.74, 6) is -0.723. The minimum Gasteiger partial charge on any atom is -0.485 e. The number of hydrogen-bond donors (Lipinski definition) is 0. The molecule has 0 aliphatic rings. The highest BCUT2D eigenvalue weighted by atomic mass is 35.5. The van der Waals surface area contributed by atoms with Gasteiger partial charge in [0.25, 0.3) is 5.82 Å². The summed E-state index contributed by atoms with van der Waals surface area (Å²) in [6.07, 6.45) is -4.60. The van der Waals surface area contributed by atoms with Crippen molar-refractivity contribution in [2.24, 2.45) is 0 Å². The van der Waals surface area contributed by atoms with Crippen molar-refractivity contribution in [3.8, 4) is 5.75 Å². The maximum absolute atomic E-state index is 12.7.